The van der Waals surface area contributed by atoms with E-state index in [1.807, 2.05) is 0 Å². The van der Waals surface area contributed by atoms with Gasteiger partial charge in [0.25, 0.3) is 0 Å². The van der Waals surface area contributed by atoms with Crippen molar-refractivity contribution in [2.75, 3.05) is 4.90 Å². The lowest BCUT2D eigenvalue weighted by Crippen LogP contribution is -2.22. The molecule has 2 heteroatoms. The van der Waals surface area contributed by atoms with Crippen molar-refractivity contribution >= 4 is 49.6 Å². The van der Waals surface area contributed by atoms with E-state index >= 15 is 0 Å². The Kier molecular flexibility index (Phi) is 7.36. The molecular formula is C58H44N2. The Labute approximate surface area is 351 Å². The summed E-state index contributed by atoms with van der Waals surface area (Å²) in [6, 6.07) is 72.5. The van der Waals surface area contributed by atoms with E-state index in [9.17, 15) is 0 Å². The highest BCUT2D eigenvalue weighted by Gasteiger charge is 2.42. The SMILES string of the molecule is CC1(C)c2ccccc2-c2c(N(c3cc(-c4cccc5ccccc45)ccc3-n3c4ccccc4c4ccccc43)c3cccc4c3C(C)(C)c3ccccc3-4)cccc21. The number of aromatic nitrogens is 1. The molecule has 0 amide bonds. The van der Waals surface area contributed by atoms with Crippen LogP contribution >= 0.6 is 0 Å². The molecule has 0 radical (unpaired) electrons. The molecule has 0 bridgehead atoms. The van der Waals surface area contributed by atoms with E-state index in [4.69, 9.17) is 0 Å². The smallest absolute Gasteiger partial charge is 0.0709 e. The number of benzene rings is 9. The van der Waals surface area contributed by atoms with Crippen molar-refractivity contribution in [3.63, 3.8) is 0 Å². The number of hydrogen-bond acceptors (Lipinski definition) is 1. The Morgan fingerprint density at radius 2 is 0.917 bits per heavy atom. The minimum absolute atomic E-state index is 0.164. The van der Waals surface area contributed by atoms with Crippen LogP contribution in [-0.2, 0) is 10.8 Å². The van der Waals surface area contributed by atoms with Crippen LogP contribution in [0.5, 0.6) is 0 Å². The zero-order valence-corrected chi connectivity index (χ0v) is 34.4. The van der Waals surface area contributed by atoms with Gasteiger partial charge in [-0.1, -0.05) is 185 Å². The molecule has 0 spiro atoms. The van der Waals surface area contributed by atoms with Crippen molar-refractivity contribution in [2.24, 2.45) is 0 Å². The molecule has 60 heavy (non-hydrogen) atoms. The van der Waals surface area contributed by atoms with Gasteiger partial charge in [0.1, 0.15) is 0 Å². The van der Waals surface area contributed by atoms with Crippen LogP contribution in [0, 0.1) is 0 Å². The molecule has 9 aromatic carbocycles. The third-order valence-corrected chi connectivity index (χ3v) is 13.8. The van der Waals surface area contributed by atoms with E-state index in [1.165, 1.54) is 99.6 Å². The fraction of sp³-hybridized carbons (Fsp3) is 0.103. The highest BCUT2D eigenvalue weighted by molar-refractivity contribution is 6.10. The molecule has 1 heterocycles. The second kappa shape index (κ2) is 12.7. The van der Waals surface area contributed by atoms with Crippen molar-refractivity contribution in [1.29, 1.82) is 0 Å². The van der Waals surface area contributed by atoms with Crippen LogP contribution in [0.1, 0.15) is 49.9 Å². The van der Waals surface area contributed by atoms with Crippen LogP contribution in [0.2, 0.25) is 0 Å². The van der Waals surface area contributed by atoms with E-state index in [0.29, 0.717) is 0 Å². The monoisotopic (exact) mass is 768 g/mol. The lowest BCUT2D eigenvalue weighted by Gasteiger charge is -2.35. The summed E-state index contributed by atoms with van der Waals surface area (Å²) in [5.74, 6) is 0. The summed E-state index contributed by atoms with van der Waals surface area (Å²) in [7, 11) is 0. The van der Waals surface area contributed by atoms with Gasteiger partial charge < -0.3 is 9.47 Å². The zero-order valence-electron chi connectivity index (χ0n) is 34.4. The second-order valence-corrected chi connectivity index (χ2v) is 17.7. The lowest BCUT2D eigenvalue weighted by atomic mass is 9.81. The highest BCUT2D eigenvalue weighted by Crippen LogP contribution is 2.59. The second-order valence-electron chi connectivity index (χ2n) is 17.7. The van der Waals surface area contributed by atoms with Gasteiger partial charge in [-0.25, -0.2) is 0 Å². The van der Waals surface area contributed by atoms with Crippen molar-refractivity contribution < 1.29 is 0 Å². The van der Waals surface area contributed by atoms with Crippen LogP contribution in [-0.4, -0.2) is 4.57 Å². The normalized spacial score (nSPS) is 14.3. The molecule has 10 aromatic rings. The Hall–Kier alpha value is -7.16. The molecule has 0 saturated carbocycles. The van der Waals surface area contributed by atoms with E-state index in [-0.39, 0.29) is 10.8 Å². The molecule has 2 aliphatic carbocycles. The zero-order chi connectivity index (χ0) is 40.3. The molecule has 0 fully saturated rings. The maximum atomic E-state index is 2.64. The maximum Gasteiger partial charge on any atom is 0.0709 e. The number of nitrogens with zero attached hydrogens (tertiary/aromatic N) is 2. The quantitative estimate of drug-likeness (QED) is 0.169. The first-order chi connectivity index (χ1) is 29.3. The Morgan fingerprint density at radius 3 is 1.68 bits per heavy atom. The summed E-state index contributed by atoms with van der Waals surface area (Å²) >= 11 is 0. The first-order valence-corrected chi connectivity index (χ1v) is 21.2. The van der Waals surface area contributed by atoms with E-state index in [1.54, 1.807) is 0 Å². The highest BCUT2D eigenvalue weighted by atomic mass is 15.2. The fourth-order valence-electron chi connectivity index (χ4n) is 11.0. The van der Waals surface area contributed by atoms with Crippen molar-refractivity contribution in [3.8, 4) is 39.1 Å². The van der Waals surface area contributed by atoms with Gasteiger partial charge in [0.15, 0.2) is 0 Å². The van der Waals surface area contributed by atoms with Gasteiger partial charge in [-0.15, -0.1) is 0 Å². The molecule has 286 valence electrons. The third kappa shape index (κ3) is 4.76. The van der Waals surface area contributed by atoms with Crippen LogP contribution in [0.4, 0.5) is 17.1 Å². The van der Waals surface area contributed by atoms with Crippen LogP contribution < -0.4 is 4.90 Å². The number of hydrogen-bond donors (Lipinski definition) is 0. The van der Waals surface area contributed by atoms with Gasteiger partial charge >= 0.3 is 0 Å². The predicted octanol–water partition coefficient (Wildman–Crippen LogP) is 15.7. The molecule has 1 aromatic heterocycles. The largest absolute Gasteiger partial charge is 0.307 e. The fourth-order valence-corrected chi connectivity index (χ4v) is 11.0. The standard InChI is InChI=1S/C58H44N2/c1-57(2)47-28-12-8-24-45(47)55-48(57)29-17-32-52(55)60(53-33-16-26-44-41-21-7-11-27-46(41)58(3,4)56(44)53)54-36-38(40-25-15-19-37-18-5-6-20-39(37)40)34-35-51(54)59-49-30-13-9-22-42(49)43-23-10-14-31-50(43)59/h5-36H,1-4H3. The van der Waals surface area contributed by atoms with Gasteiger partial charge in [0, 0.05) is 27.2 Å². The minimum atomic E-state index is -0.254. The molecule has 0 unspecified atom stereocenters. The van der Waals surface area contributed by atoms with E-state index in [2.05, 4.69) is 231 Å². The molecule has 0 saturated heterocycles. The van der Waals surface area contributed by atoms with Gasteiger partial charge in [-0.3, -0.25) is 0 Å². The lowest BCUT2D eigenvalue weighted by molar-refractivity contribution is 0.659. The third-order valence-electron chi connectivity index (χ3n) is 13.8. The summed E-state index contributed by atoms with van der Waals surface area (Å²) < 4.78 is 2.50. The molecular weight excluding hydrogens is 725 g/mol. The van der Waals surface area contributed by atoms with Crippen molar-refractivity contribution in [1.82, 2.24) is 4.57 Å². The Morgan fingerprint density at radius 1 is 0.383 bits per heavy atom. The van der Waals surface area contributed by atoms with Crippen LogP contribution in [0.3, 0.4) is 0 Å². The summed E-state index contributed by atoms with van der Waals surface area (Å²) in [6.07, 6.45) is 0. The summed E-state index contributed by atoms with van der Waals surface area (Å²) in [6.45, 7) is 9.59. The molecule has 0 atom stereocenters. The Balaban J connectivity index is 1.25. The van der Waals surface area contributed by atoms with Crippen LogP contribution in [0.15, 0.2) is 194 Å². The van der Waals surface area contributed by atoms with Gasteiger partial charge in [-0.05, 0) is 97.2 Å². The number of fused-ring (bicyclic) bond motifs is 10. The summed E-state index contributed by atoms with van der Waals surface area (Å²) in [4.78, 5) is 2.64. The average molecular weight is 769 g/mol. The number of para-hydroxylation sites is 2. The first-order valence-electron chi connectivity index (χ1n) is 21.2. The number of rotatable bonds is 5. The van der Waals surface area contributed by atoms with Crippen LogP contribution in [0.25, 0.3) is 71.6 Å². The molecule has 12 rings (SSSR count). The predicted molar refractivity (Wildman–Crippen MR) is 254 cm³/mol. The first kappa shape index (κ1) is 34.8. The minimum Gasteiger partial charge on any atom is -0.307 e. The van der Waals surface area contributed by atoms with Crippen molar-refractivity contribution in [2.45, 2.75) is 38.5 Å². The van der Waals surface area contributed by atoms with E-state index < -0.39 is 0 Å². The molecule has 2 aliphatic rings. The molecule has 2 nitrogen and oxygen atoms in total. The van der Waals surface area contributed by atoms with Gasteiger partial charge in [0.2, 0.25) is 0 Å². The van der Waals surface area contributed by atoms with Crippen molar-refractivity contribution in [3.05, 3.63) is 216 Å². The summed E-state index contributed by atoms with van der Waals surface area (Å²) in [5.41, 5.74) is 19.6. The maximum absolute atomic E-state index is 2.64. The van der Waals surface area contributed by atoms with E-state index in [0.717, 1.165) is 11.4 Å². The van der Waals surface area contributed by atoms with Gasteiger partial charge in [0.05, 0.1) is 33.8 Å². The number of anilines is 3. The molecule has 0 N–H and O–H groups in total. The topological polar surface area (TPSA) is 8.17 Å². The van der Waals surface area contributed by atoms with Gasteiger partial charge in [-0.2, -0.15) is 0 Å². The molecule has 0 aliphatic heterocycles. The Bertz CT molecular complexity index is 3340. The average Bonchev–Trinajstić information content (AvgIpc) is 3.84. The summed E-state index contributed by atoms with van der Waals surface area (Å²) in [5, 5.41) is 4.98.